The van der Waals surface area contributed by atoms with Gasteiger partial charge in [-0.3, -0.25) is 4.79 Å². The third-order valence-electron chi connectivity index (χ3n) is 2.47. The highest BCUT2D eigenvalue weighted by Crippen LogP contribution is 2.32. The fraction of sp³-hybridized carbons (Fsp3) is 0.417. The number of methoxy groups -OCH3 is 1. The van der Waals surface area contributed by atoms with Gasteiger partial charge in [-0.25, -0.2) is 0 Å². The van der Waals surface area contributed by atoms with E-state index in [1.807, 2.05) is 0 Å². The summed E-state index contributed by atoms with van der Waals surface area (Å²) < 4.78 is 34.1. The molecular formula is C12H16F2N2O4. The number of ether oxygens (including phenoxy) is 2. The van der Waals surface area contributed by atoms with E-state index in [4.69, 9.17) is 10.5 Å². The van der Waals surface area contributed by atoms with E-state index >= 15 is 0 Å². The second-order valence-corrected chi connectivity index (χ2v) is 3.88. The number of carbonyl (C=O) groups excluding carboxylic acids is 1. The maximum absolute atomic E-state index is 12.4. The van der Waals surface area contributed by atoms with Crippen molar-refractivity contribution in [3.8, 4) is 11.5 Å². The SMILES string of the molecule is COc1cccc(CNCC(O)C(N)=O)c1OC(F)F. The highest BCUT2D eigenvalue weighted by molar-refractivity contribution is 5.78. The van der Waals surface area contributed by atoms with Crippen LogP contribution >= 0.6 is 0 Å². The molecule has 0 aromatic heterocycles. The normalized spacial score (nSPS) is 12.2. The van der Waals surface area contributed by atoms with Crippen molar-refractivity contribution in [1.82, 2.24) is 5.32 Å². The molecule has 1 atom stereocenters. The van der Waals surface area contributed by atoms with Crippen molar-refractivity contribution >= 4 is 5.91 Å². The van der Waals surface area contributed by atoms with Gasteiger partial charge in [0, 0.05) is 18.7 Å². The molecule has 0 aliphatic heterocycles. The Bertz CT molecular complexity index is 457. The Morgan fingerprint density at radius 2 is 2.20 bits per heavy atom. The van der Waals surface area contributed by atoms with Gasteiger partial charge in [-0.05, 0) is 6.07 Å². The average Bonchev–Trinajstić information content (AvgIpc) is 2.39. The summed E-state index contributed by atoms with van der Waals surface area (Å²) in [7, 11) is 1.34. The van der Waals surface area contributed by atoms with Gasteiger partial charge in [0.2, 0.25) is 5.91 Å². The summed E-state index contributed by atoms with van der Waals surface area (Å²) in [5, 5.41) is 11.9. The molecule has 6 nitrogen and oxygen atoms in total. The lowest BCUT2D eigenvalue weighted by Gasteiger charge is -2.15. The van der Waals surface area contributed by atoms with Gasteiger partial charge in [0.15, 0.2) is 11.5 Å². The largest absolute Gasteiger partial charge is 0.493 e. The number of amides is 1. The lowest BCUT2D eigenvalue weighted by molar-refractivity contribution is -0.125. The van der Waals surface area contributed by atoms with Gasteiger partial charge in [0.25, 0.3) is 0 Å². The molecule has 1 aromatic carbocycles. The van der Waals surface area contributed by atoms with Gasteiger partial charge >= 0.3 is 6.61 Å². The molecule has 0 radical (unpaired) electrons. The zero-order valence-electron chi connectivity index (χ0n) is 10.8. The van der Waals surface area contributed by atoms with Crippen LogP contribution in [0.2, 0.25) is 0 Å². The van der Waals surface area contributed by atoms with Crippen molar-refractivity contribution < 1.29 is 28.2 Å². The van der Waals surface area contributed by atoms with E-state index in [1.54, 1.807) is 12.1 Å². The fourth-order valence-electron chi connectivity index (χ4n) is 1.53. The molecule has 8 heteroatoms. The number of alkyl halides is 2. The molecule has 0 bridgehead atoms. The monoisotopic (exact) mass is 290 g/mol. The van der Waals surface area contributed by atoms with Crippen molar-refractivity contribution in [1.29, 1.82) is 0 Å². The standard InChI is InChI=1S/C12H16F2N2O4/c1-19-9-4-2-3-7(10(9)20-12(13)14)5-16-6-8(17)11(15)18/h2-4,8,12,16-17H,5-6H2,1H3,(H2,15,18). The molecular weight excluding hydrogens is 274 g/mol. The van der Waals surface area contributed by atoms with E-state index in [0.29, 0.717) is 5.56 Å². The topological polar surface area (TPSA) is 93.8 Å². The van der Waals surface area contributed by atoms with Gasteiger partial charge in [-0.2, -0.15) is 8.78 Å². The summed E-state index contributed by atoms with van der Waals surface area (Å²) in [5.41, 5.74) is 5.29. The first-order chi connectivity index (χ1) is 9.45. The highest BCUT2D eigenvalue weighted by Gasteiger charge is 2.16. The van der Waals surface area contributed by atoms with Crippen molar-refractivity contribution in [3.05, 3.63) is 23.8 Å². The molecule has 4 N–H and O–H groups in total. The molecule has 0 fully saturated rings. The lowest BCUT2D eigenvalue weighted by atomic mass is 10.2. The summed E-state index contributed by atoms with van der Waals surface area (Å²) in [4.78, 5) is 10.6. The van der Waals surface area contributed by atoms with Crippen LogP contribution in [0.4, 0.5) is 8.78 Å². The maximum Gasteiger partial charge on any atom is 0.387 e. The molecule has 0 aliphatic carbocycles. The van der Waals surface area contributed by atoms with Gasteiger partial charge in [0.1, 0.15) is 6.10 Å². The summed E-state index contributed by atoms with van der Waals surface area (Å²) in [6.07, 6.45) is -1.35. The minimum absolute atomic E-state index is 0.0916. The number of primary amides is 1. The zero-order chi connectivity index (χ0) is 15.1. The molecule has 20 heavy (non-hydrogen) atoms. The number of halogens is 2. The van der Waals surface area contributed by atoms with E-state index in [-0.39, 0.29) is 24.6 Å². The van der Waals surface area contributed by atoms with E-state index in [0.717, 1.165) is 0 Å². The molecule has 112 valence electrons. The number of aliphatic hydroxyl groups excluding tert-OH is 1. The number of nitrogens with one attached hydrogen (secondary N) is 1. The number of hydrogen-bond acceptors (Lipinski definition) is 5. The molecule has 1 unspecified atom stereocenters. The van der Waals surface area contributed by atoms with Gasteiger partial charge < -0.3 is 25.6 Å². The molecule has 1 rings (SSSR count). The third-order valence-corrected chi connectivity index (χ3v) is 2.47. The number of benzene rings is 1. The summed E-state index contributed by atoms with van der Waals surface area (Å²) >= 11 is 0. The Hall–Kier alpha value is -1.93. The van der Waals surface area contributed by atoms with E-state index in [1.165, 1.54) is 13.2 Å². The van der Waals surface area contributed by atoms with E-state index in [2.05, 4.69) is 10.1 Å². The van der Waals surface area contributed by atoms with Crippen molar-refractivity contribution in [2.45, 2.75) is 19.3 Å². The van der Waals surface area contributed by atoms with Crippen molar-refractivity contribution in [2.75, 3.05) is 13.7 Å². The van der Waals surface area contributed by atoms with E-state index in [9.17, 15) is 18.7 Å². The summed E-state index contributed by atoms with van der Waals surface area (Å²) in [6.45, 7) is -2.98. The van der Waals surface area contributed by atoms with Crippen LogP contribution in [0.25, 0.3) is 0 Å². The fourth-order valence-corrected chi connectivity index (χ4v) is 1.53. The maximum atomic E-state index is 12.4. The van der Waals surface area contributed by atoms with Crippen LogP contribution in [0, 0.1) is 0 Å². The van der Waals surface area contributed by atoms with Crippen molar-refractivity contribution in [3.63, 3.8) is 0 Å². The van der Waals surface area contributed by atoms with Crippen LogP contribution in [0.15, 0.2) is 18.2 Å². The Labute approximate surface area is 114 Å². The minimum atomic E-state index is -2.98. The minimum Gasteiger partial charge on any atom is -0.493 e. The Kier molecular flexibility index (Phi) is 6.13. The molecule has 0 heterocycles. The van der Waals surface area contributed by atoms with E-state index < -0.39 is 18.6 Å². The second-order valence-electron chi connectivity index (χ2n) is 3.88. The quantitative estimate of drug-likeness (QED) is 0.637. The second kappa shape index (κ2) is 7.61. The molecule has 1 amide bonds. The van der Waals surface area contributed by atoms with Gasteiger partial charge in [0.05, 0.1) is 7.11 Å². The number of rotatable bonds is 8. The number of hydrogen-bond donors (Lipinski definition) is 3. The van der Waals surface area contributed by atoms with Crippen LogP contribution in [-0.2, 0) is 11.3 Å². The van der Waals surface area contributed by atoms with Crippen LogP contribution < -0.4 is 20.5 Å². The predicted octanol–water partition coefficient (Wildman–Crippen LogP) is 0.232. The van der Waals surface area contributed by atoms with Gasteiger partial charge in [-0.15, -0.1) is 0 Å². The van der Waals surface area contributed by atoms with Crippen molar-refractivity contribution in [2.24, 2.45) is 5.73 Å². The zero-order valence-corrected chi connectivity index (χ0v) is 10.8. The number of para-hydroxylation sites is 1. The molecule has 0 saturated heterocycles. The number of nitrogens with two attached hydrogens (primary N) is 1. The number of carbonyl (C=O) groups is 1. The lowest BCUT2D eigenvalue weighted by Crippen LogP contribution is -2.37. The van der Waals surface area contributed by atoms with Crippen LogP contribution in [0.5, 0.6) is 11.5 Å². The summed E-state index contributed by atoms with van der Waals surface area (Å²) in [6, 6.07) is 4.65. The Balaban J connectivity index is 2.75. The molecule has 0 aliphatic rings. The Morgan fingerprint density at radius 3 is 2.75 bits per heavy atom. The first kappa shape index (κ1) is 16.1. The summed E-state index contributed by atoms with van der Waals surface area (Å²) in [5.74, 6) is -0.793. The molecule has 1 aromatic rings. The van der Waals surface area contributed by atoms with Crippen LogP contribution in [0.3, 0.4) is 0 Å². The van der Waals surface area contributed by atoms with Gasteiger partial charge in [-0.1, -0.05) is 12.1 Å². The number of aliphatic hydroxyl groups is 1. The predicted molar refractivity (Wildman–Crippen MR) is 66.5 cm³/mol. The highest BCUT2D eigenvalue weighted by atomic mass is 19.3. The first-order valence-electron chi connectivity index (χ1n) is 5.74. The smallest absolute Gasteiger partial charge is 0.387 e. The third kappa shape index (κ3) is 4.63. The van der Waals surface area contributed by atoms with Crippen LogP contribution in [0.1, 0.15) is 5.56 Å². The van der Waals surface area contributed by atoms with Crippen LogP contribution in [-0.4, -0.2) is 37.4 Å². The average molecular weight is 290 g/mol. The molecule has 0 saturated carbocycles. The first-order valence-corrected chi connectivity index (χ1v) is 5.74. The molecule has 0 spiro atoms. The Morgan fingerprint density at radius 1 is 1.50 bits per heavy atom.